The van der Waals surface area contributed by atoms with Crippen LogP contribution in [0.5, 0.6) is 5.75 Å². The summed E-state index contributed by atoms with van der Waals surface area (Å²) in [6.45, 7) is 2.74. The van der Waals surface area contributed by atoms with E-state index >= 15 is 0 Å². The van der Waals surface area contributed by atoms with Crippen molar-refractivity contribution >= 4 is 11.6 Å². The summed E-state index contributed by atoms with van der Waals surface area (Å²) in [7, 11) is 1.65. The lowest BCUT2D eigenvalue weighted by atomic mass is 10.1. The Balaban J connectivity index is 2.06. The fourth-order valence-electron chi connectivity index (χ4n) is 2.14. The van der Waals surface area contributed by atoms with Crippen LogP contribution in [0.3, 0.4) is 0 Å². The van der Waals surface area contributed by atoms with Crippen LogP contribution in [0.15, 0.2) is 18.2 Å². The largest absolute Gasteiger partial charge is 0.496 e. The van der Waals surface area contributed by atoms with Gasteiger partial charge in [-0.2, -0.15) is 0 Å². The number of carbonyl (C=O) groups excluding carboxylic acids is 1. The fourth-order valence-corrected chi connectivity index (χ4v) is 2.14. The van der Waals surface area contributed by atoms with E-state index in [2.05, 4.69) is 12.2 Å². The summed E-state index contributed by atoms with van der Waals surface area (Å²) in [5, 5.41) is 2.89. The molecule has 1 amide bonds. The molecule has 1 aliphatic heterocycles. The van der Waals surface area contributed by atoms with E-state index in [0.717, 1.165) is 36.3 Å². The van der Waals surface area contributed by atoms with Crippen LogP contribution >= 0.6 is 0 Å². The van der Waals surface area contributed by atoms with Gasteiger partial charge in [-0.05, 0) is 43.0 Å². The molecule has 4 heteroatoms. The normalized spacial score (nSPS) is 18.7. The highest BCUT2D eigenvalue weighted by Crippen LogP contribution is 2.23. The first-order valence-electron chi connectivity index (χ1n) is 6.34. The molecule has 2 rings (SSSR count). The Morgan fingerprint density at radius 3 is 3.00 bits per heavy atom. The van der Waals surface area contributed by atoms with E-state index in [-0.39, 0.29) is 12.0 Å². The minimum Gasteiger partial charge on any atom is -0.496 e. The van der Waals surface area contributed by atoms with Crippen LogP contribution < -0.4 is 10.1 Å². The van der Waals surface area contributed by atoms with Crippen LogP contribution in [0.4, 0.5) is 5.69 Å². The Hall–Kier alpha value is -1.55. The van der Waals surface area contributed by atoms with E-state index < -0.39 is 0 Å². The first-order valence-corrected chi connectivity index (χ1v) is 6.34. The maximum Gasteiger partial charge on any atom is 0.253 e. The molecule has 1 saturated heterocycles. The number of aryl methyl sites for hydroxylation is 1. The number of hydrogen-bond donors (Lipinski definition) is 1. The van der Waals surface area contributed by atoms with E-state index in [0.29, 0.717) is 6.61 Å². The molecule has 1 aromatic rings. The predicted octanol–water partition coefficient (Wildman–Crippen LogP) is 2.38. The summed E-state index contributed by atoms with van der Waals surface area (Å²) in [5.41, 5.74) is 1.88. The number of rotatable bonds is 4. The van der Waals surface area contributed by atoms with Gasteiger partial charge in [0.1, 0.15) is 11.9 Å². The second kappa shape index (κ2) is 5.87. The number of nitrogens with one attached hydrogen (secondary N) is 1. The highest BCUT2D eigenvalue weighted by atomic mass is 16.5. The molecule has 1 N–H and O–H groups in total. The lowest BCUT2D eigenvalue weighted by molar-refractivity contribution is -0.124. The Bertz CT molecular complexity index is 425. The minimum atomic E-state index is -0.294. The van der Waals surface area contributed by atoms with Crippen molar-refractivity contribution in [3.05, 3.63) is 23.8 Å². The molecule has 1 aromatic carbocycles. The van der Waals surface area contributed by atoms with Gasteiger partial charge < -0.3 is 14.8 Å². The summed E-state index contributed by atoms with van der Waals surface area (Å²) in [5.74, 6) is 0.798. The van der Waals surface area contributed by atoms with E-state index in [4.69, 9.17) is 9.47 Å². The van der Waals surface area contributed by atoms with Crippen molar-refractivity contribution in [3.63, 3.8) is 0 Å². The average molecular weight is 249 g/mol. The molecule has 1 unspecified atom stereocenters. The van der Waals surface area contributed by atoms with E-state index in [1.807, 2.05) is 18.2 Å². The number of hydrogen-bond acceptors (Lipinski definition) is 3. The number of amides is 1. The molecule has 0 saturated carbocycles. The van der Waals surface area contributed by atoms with Crippen molar-refractivity contribution in [2.24, 2.45) is 0 Å². The lowest BCUT2D eigenvalue weighted by Gasteiger charge is -2.13. The van der Waals surface area contributed by atoms with E-state index in [1.165, 1.54) is 0 Å². The van der Waals surface area contributed by atoms with Crippen LogP contribution in [0.1, 0.15) is 25.3 Å². The van der Waals surface area contributed by atoms with Crippen LogP contribution in [0.2, 0.25) is 0 Å². The fraction of sp³-hybridized carbons (Fsp3) is 0.500. The van der Waals surface area contributed by atoms with Crippen molar-refractivity contribution < 1.29 is 14.3 Å². The predicted molar refractivity (Wildman–Crippen MR) is 70.0 cm³/mol. The second-order valence-electron chi connectivity index (χ2n) is 4.37. The van der Waals surface area contributed by atoms with Gasteiger partial charge in [0.15, 0.2) is 0 Å². The number of ether oxygens (including phenoxy) is 2. The van der Waals surface area contributed by atoms with Crippen molar-refractivity contribution in [3.8, 4) is 5.75 Å². The molecule has 0 radical (unpaired) electrons. The number of benzene rings is 1. The molecule has 0 bridgehead atoms. The smallest absolute Gasteiger partial charge is 0.253 e. The Labute approximate surface area is 107 Å². The third-order valence-corrected chi connectivity index (χ3v) is 3.15. The molecule has 0 spiro atoms. The van der Waals surface area contributed by atoms with Crippen molar-refractivity contribution in [2.75, 3.05) is 19.0 Å². The average Bonchev–Trinajstić information content (AvgIpc) is 2.92. The molecule has 98 valence electrons. The van der Waals surface area contributed by atoms with Gasteiger partial charge in [0.25, 0.3) is 5.91 Å². The summed E-state index contributed by atoms with van der Waals surface area (Å²) < 4.78 is 10.6. The quantitative estimate of drug-likeness (QED) is 0.891. The van der Waals surface area contributed by atoms with E-state index in [1.54, 1.807) is 7.11 Å². The van der Waals surface area contributed by atoms with Crippen LogP contribution in [0.25, 0.3) is 0 Å². The van der Waals surface area contributed by atoms with Crippen molar-refractivity contribution in [1.29, 1.82) is 0 Å². The molecule has 1 fully saturated rings. The third kappa shape index (κ3) is 2.82. The van der Waals surface area contributed by atoms with Crippen molar-refractivity contribution in [2.45, 2.75) is 32.3 Å². The third-order valence-electron chi connectivity index (χ3n) is 3.15. The number of anilines is 1. The highest BCUT2D eigenvalue weighted by Gasteiger charge is 2.23. The Morgan fingerprint density at radius 1 is 1.56 bits per heavy atom. The van der Waals surface area contributed by atoms with Crippen LogP contribution in [0, 0.1) is 0 Å². The van der Waals surface area contributed by atoms with Crippen LogP contribution in [-0.4, -0.2) is 25.7 Å². The molecule has 0 aromatic heterocycles. The SMILES string of the molecule is CCc1cc(NC(=O)C2CCCO2)ccc1OC. The van der Waals surface area contributed by atoms with E-state index in [9.17, 15) is 4.79 Å². The topological polar surface area (TPSA) is 47.6 Å². The first kappa shape index (κ1) is 12.9. The first-order chi connectivity index (χ1) is 8.74. The maximum atomic E-state index is 11.9. The zero-order valence-electron chi connectivity index (χ0n) is 10.9. The highest BCUT2D eigenvalue weighted by molar-refractivity contribution is 5.94. The number of methoxy groups -OCH3 is 1. The standard InChI is InChI=1S/C14H19NO3/c1-3-10-9-11(6-7-12(10)17-2)15-14(16)13-5-4-8-18-13/h6-7,9,13H,3-5,8H2,1-2H3,(H,15,16). The minimum absolute atomic E-state index is 0.0558. The monoisotopic (exact) mass is 249 g/mol. The molecule has 18 heavy (non-hydrogen) atoms. The van der Waals surface area contributed by atoms with Gasteiger partial charge in [0.2, 0.25) is 0 Å². The van der Waals surface area contributed by atoms with Gasteiger partial charge in [-0.15, -0.1) is 0 Å². The summed E-state index contributed by atoms with van der Waals surface area (Å²) in [6, 6.07) is 5.68. The van der Waals surface area contributed by atoms with Gasteiger partial charge in [0.05, 0.1) is 7.11 Å². The van der Waals surface area contributed by atoms with Gasteiger partial charge in [0, 0.05) is 12.3 Å². The molecule has 4 nitrogen and oxygen atoms in total. The molecule has 1 heterocycles. The molecule has 0 aliphatic carbocycles. The van der Waals surface area contributed by atoms with Gasteiger partial charge in [-0.1, -0.05) is 6.92 Å². The van der Waals surface area contributed by atoms with Gasteiger partial charge in [-0.3, -0.25) is 4.79 Å². The zero-order valence-corrected chi connectivity index (χ0v) is 10.9. The molecular weight excluding hydrogens is 230 g/mol. The molecule has 1 aliphatic rings. The van der Waals surface area contributed by atoms with Gasteiger partial charge in [-0.25, -0.2) is 0 Å². The molecule has 1 atom stereocenters. The Morgan fingerprint density at radius 2 is 2.39 bits per heavy atom. The van der Waals surface area contributed by atoms with Crippen LogP contribution in [-0.2, 0) is 16.0 Å². The second-order valence-corrected chi connectivity index (χ2v) is 4.37. The summed E-state index contributed by atoms with van der Waals surface area (Å²) >= 11 is 0. The summed E-state index contributed by atoms with van der Waals surface area (Å²) in [4.78, 5) is 11.9. The maximum absolute atomic E-state index is 11.9. The zero-order chi connectivity index (χ0) is 13.0. The van der Waals surface area contributed by atoms with Gasteiger partial charge >= 0.3 is 0 Å². The van der Waals surface area contributed by atoms with Crippen molar-refractivity contribution in [1.82, 2.24) is 0 Å². The Kier molecular flexibility index (Phi) is 4.20. The molecular formula is C14H19NO3. The summed E-state index contributed by atoms with van der Waals surface area (Å²) in [6.07, 6.45) is 2.34. The lowest BCUT2D eigenvalue weighted by Crippen LogP contribution is -2.26. The number of carbonyl (C=O) groups is 1.